The molecule has 1 heterocycles. The Bertz CT molecular complexity index is 761. The van der Waals surface area contributed by atoms with E-state index in [1.54, 1.807) is 50.1 Å². The standard InChI is InChI=1S/C22H30N2O6/c1-4-19(25)16-8-10-18(11-9-16)30-15-21(27)23(3)14-20(26)24-12-6-7-17(13-24)22(28)29-5-2/h8-11,17H,4-7,12-15H2,1-3H3. The summed E-state index contributed by atoms with van der Waals surface area (Å²) in [6.45, 7) is 4.46. The summed E-state index contributed by atoms with van der Waals surface area (Å²) in [5.41, 5.74) is 0.599. The monoisotopic (exact) mass is 418 g/mol. The summed E-state index contributed by atoms with van der Waals surface area (Å²) in [6.07, 6.45) is 1.86. The topological polar surface area (TPSA) is 93.2 Å². The molecule has 1 aliphatic heterocycles. The minimum absolute atomic E-state index is 0.0405. The summed E-state index contributed by atoms with van der Waals surface area (Å²) in [5.74, 6) is -0.616. The van der Waals surface area contributed by atoms with Gasteiger partial charge in [0.15, 0.2) is 12.4 Å². The van der Waals surface area contributed by atoms with E-state index >= 15 is 0 Å². The van der Waals surface area contributed by atoms with Crippen molar-refractivity contribution in [2.45, 2.75) is 33.1 Å². The zero-order valence-corrected chi connectivity index (χ0v) is 17.9. The Hall–Kier alpha value is -2.90. The number of rotatable bonds is 9. The number of carbonyl (C=O) groups is 4. The molecule has 1 aliphatic rings. The Morgan fingerprint density at radius 2 is 1.83 bits per heavy atom. The first-order valence-corrected chi connectivity index (χ1v) is 10.3. The second-order valence-electron chi connectivity index (χ2n) is 7.27. The Kier molecular flexibility index (Phi) is 8.83. The number of likely N-dealkylation sites (N-methyl/N-ethyl adjacent to an activating group) is 1. The zero-order chi connectivity index (χ0) is 22.1. The van der Waals surface area contributed by atoms with Crippen LogP contribution in [0.4, 0.5) is 0 Å². The highest BCUT2D eigenvalue weighted by atomic mass is 16.5. The van der Waals surface area contributed by atoms with Crippen molar-refractivity contribution in [3.8, 4) is 5.75 Å². The van der Waals surface area contributed by atoms with Crippen molar-refractivity contribution in [1.82, 2.24) is 9.80 Å². The van der Waals surface area contributed by atoms with Crippen LogP contribution in [0.3, 0.4) is 0 Å². The lowest BCUT2D eigenvalue weighted by Gasteiger charge is -2.32. The Labute approximate surface area is 177 Å². The van der Waals surface area contributed by atoms with Gasteiger partial charge in [0.2, 0.25) is 5.91 Å². The molecule has 2 rings (SSSR count). The first-order chi connectivity index (χ1) is 14.3. The maximum atomic E-state index is 12.6. The molecule has 0 spiro atoms. The molecule has 0 aromatic heterocycles. The Morgan fingerprint density at radius 1 is 1.13 bits per heavy atom. The molecular formula is C22H30N2O6. The second-order valence-corrected chi connectivity index (χ2v) is 7.27. The van der Waals surface area contributed by atoms with Gasteiger partial charge in [-0.05, 0) is 44.0 Å². The van der Waals surface area contributed by atoms with Gasteiger partial charge in [0, 0.05) is 32.1 Å². The number of amides is 2. The maximum absolute atomic E-state index is 12.6. The number of hydrogen-bond acceptors (Lipinski definition) is 6. The third-order valence-electron chi connectivity index (χ3n) is 5.05. The van der Waals surface area contributed by atoms with E-state index in [1.807, 2.05) is 0 Å². The summed E-state index contributed by atoms with van der Waals surface area (Å²) < 4.78 is 10.5. The average Bonchev–Trinajstić information content (AvgIpc) is 2.77. The van der Waals surface area contributed by atoms with Crippen molar-refractivity contribution in [2.24, 2.45) is 5.92 Å². The highest BCUT2D eigenvalue weighted by molar-refractivity contribution is 5.95. The smallest absolute Gasteiger partial charge is 0.310 e. The molecule has 0 N–H and O–H groups in total. The molecule has 0 bridgehead atoms. The molecule has 8 heteroatoms. The van der Waals surface area contributed by atoms with Crippen molar-refractivity contribution < 1.29 is 28.7 Å². The van der Waals surface area contributed by atoms with Crippen LogP contribution < -0.4 is 4.74 Å². The first kappa shape index (κ1) is 23.4. The van der Waals surface area contributed by atoms with E-state index in [0.717, 1.165) is 6.42 Å². The normalized spacial score (nSPS) is 16.0. The lowest BCUT2D eigenvalue weighted by atomic mass is 9.98. The van der Waals surface area contributed by atoms with E-state index in [2.05, 4.69) is 0 Å². The number of esters is 1. The van der Waals surface area contributed by atoms with Crippen LogP contribution in [-0.4, -0.2) is 73.3 Å². The molecule has 1 saturated heterocycles. The first-order valence-electron chi connectivity index (χ1n) is 10.3. The van der Waals surface area contributed by atoms with Gasteiger partial charge in [0.05, 0.1) is 19.1 Å². The predicted molar refractivity (Wildman–Crippen MR) is 110 cm³/mol. The molecule has 0 aliphatic carbocycles. The SMILES string of the molecule is CCOC(=O)C1CCCN(C(=O)CN(C)C(=O)COc2ccc(C(=O)CC)cc2)C1. The van der Waals surface area contributed by atoms with Crippen LogP contribution in [0.2, 0.25) is 0 Å². The lowest BCUT2D eigenvalue weighted by molar-refractivity contribution is -0.152. The van der Waals surface area contributed by atoms with Crippen molar-refractivity contribution in [1.29, 1.82) is 0 Å². The van der Waals surface area contributed by atoms with Gasteiger partial charge in [0.1, 0.15) is 5.75 Å². The third kappa shape index (κ3) is 6.57. The minimum atomic E-state index is -0.337. The molecule has 1 aromatic rings. The predicted octanol–water partition coefficient (Wildman–Crippen LogP) is 1.92. The van der Waals surface area contributed by atoms with Gasteiger partial charge in [0.25, 0.3) is 5.91 Å². The molecule has 0 saturated carbocycles. The van der Waals surface area contributed by atoms with Gasteiger partial charge in [-0.15, -0.1) is 0 Å². The van der Waals surface area contributed by atoms with Gasteiger partial charge in [-0.2, -0.15) is 0 Å². The van der Waals surface area contributed by atoms with E-state index in [9.17, 15) is 19.2 Å². The fourth-order valence-electron chi connectivity index (χ4n) is 3.24. The summed E-state index contributed by atoms with van der Waals surface area (Å²) in [6, 6.07) is 6.61. The third-order valence-corrected chi connectivity index (χ3v) is 5.05. The van der Waals surface area contributed by atoms with Crippen molar-refractivity contribution in [2.75, 3.05) is 39.9 Å². The van der Waals surface area contributed by atoms with Gasteiger partial charge in [-0.3, -0.25) is 19.2 Å². The summed E-state index contributed by atoms with van der Waals surface area (Å²) in [4.78, 5) is 51.4. The van der Waals surface area contributed by atoms with Crippen molar-refractivity contribution >= 4 is 23.6 Å². The molecular weight excluding hydrogens is 388 g/mol. The van der Waals surface area contributed by atoms with E-state index in [0.29, 0.717) is 43.9 Å². The van der Waals surface area contributed by atoms with Gasteiger partial charge in [-0.25, -0.2) is 0 Å². The number of piperidine rings is 1. The highest BCUT2D eigenvalue weighted by Crippen LogP contribution is 2.18. The Balaban J connectivity index is 1.81. The molecule has 0 radical (unpaired) electrons. The maximum Gasteiger partial charge on any atom is 0.310 e. The van der Waals surface area contributed by atoms with Gasteiger partial charge < -0.3 is 19.3 Å². The fraction of sp³-hybridized carbons (Fsp3) is 0.545. The molecule has 164 valence electrons. The van der Waals surface area contributed by atoms with Crippen molar-refractivity contribution in [3.63, 3.8) is 0 Å². The van der Waals surface area contributed by atoms with Crippen LogP contribution in [0.15, 0.2) is 24.3 Å². The number of carbonyl (C=O) groups excluding carboxylic acids is 4. The van der Waals surface area contributed by atoms with Crippen LogP contribution in [0, 0.1) is 5.92 Å². The highest BCUT2D eigenvalue weighted by Gasteiger charge is 2.30. The summed E-state index contributed by atoms with van der Waals surface area (Å²) in [5, 5.41) is 0. The molecule has 1 atom stereocenters. The quantitative estimate of drug-likeness (QED) is 0.449. The van der Waals surface area contributed by atoms with E-state index in [1.165, 1.54) is 4.90 Å². The number of benzene rings is 1. The lowest BCUT2D eigenvalue weighted by Crippen LogP contribution is -2.47. The molecule has 8 nitrogen and oxygen atoms in total. The van der Waals surface area contributed by atoms with Gasteiger partial charge in [-0.1, -0.05) is 6.92 Å². The van der Waals surface area contributed by atoms with E-state index in [4.69, 9.17) is 9.47 Å². The minimum Gasteiger partial charge on any atom is -0.484 e. The van der Waals surface area contributed by atoms with E-state index in [-0.39, 0.29) is 42.6 Å². The zero-order valence-electron chi connectivity index (χ0n) is 17.9. The summed E-state index contributed by atoms with van der Waals surface area (Å²) >= 11 is 0. The molecule has 1 fully saturated rings. The molecule has 30 heavy (non-hydrogen) atoms. The number of ether oxygens (including phenoxy) is 2. The number of Topliss-reactive ketones (excluding diaryl/α,β-unsaturated/α-hetero) is 1. The molecule has 1 unspecified atom stereocenters. The average molecular weight is 418 g/mol. The Morgan fingerprint density at radius 3 is 2.47 bits per heavy atom. The van der Waals surface area contributed by atoms with Crippen molar-refractivity contribution in [3.05, 3.63) is 29.8 Å². The van der Waals surface area contributed by atoms with Crippen LogP contribution in [0.1, 0.15) is 43.5 Å². The number of nitrogens with zero attached hydrogens (tertiary/aromatic N) is 2. The second kappa shape index (κ2) is 11.3. The molecule has 2 amide bonds. The molecule has 1 aromatic carbocycles. The van der Waals surface area contributed by atoms with Gasteiger partial charge >= 0.3 is 5.97 Å². The van der Waals surface area contributed by atoms with E-state index < -0.39 is 0 Å². The fourth-order valence-corrected chi connectivity index (χ4v) is 3.24. The van der Waals surface area contributed by atoms with Crippen LogP contribution in [0.5, 0.6) is 5.75 Å². The number of ketones is 1. The number of hydrogen-bond donors (Lipinski definition) is 0. The van der Waals surface area contributed by atoms with Crippen LogP contribution in [-0.2, 0) is 19.1 Å². The number of likely N-dealkylation sites (tertiary alicyclic amines) is 1. The van der Waals surface area contributed by atoms with Crippen LogP contribution >= 0.6 is 0 Å². The summed E-state index contributed by atoms with van der Waals surface area (Å²) in [7, 11) is 1.54. The van der Waals surface area contributed by atoms with Crippen LogP contribution in [0.25, 0.3) is 0 Å². The largest absolute Gasteiger partial charge is 0.484 e.